The monoisotopic (exact) mass is 241 g/mol. The van der Waals surface area contributed by atoms with Gasteiger partial charge >= 0.3 is 0 Å². The molecule has 1 aliphatic rings. The van der Waals surface area contributed by atoms with E-state index in [9.17, 15) is 0 Å². The normalized spacial score (nSPS) is 16.9. The molecule has 0 atom stereocenters. The minimum atomic E-state index is 0.616. The molecule has 3 rings (SSSR count). The molecular formula is C15H19N3. The zero-order valence-corrected chi connectivity index (χ0v) is 10.7. The van der Waals surface area contributed by atoms with E-state index in [1.807, 2.05) is 6.33 Å². The number of hydrogen-bond donors (Lipinski definition) is 2. The number of aromatic nitrogens is 2. The van der Waals surface area contributed by atoms with E-state index in [-0.39, 0.29) is 0 Å². The lowest BCUT2D eigenvalue weighted by Crippen LogP contribution is -2.27. The summed E-state index contributed by atoms with van der Waals surface area (Å²) in [6.45, 7) is 4.33. The van der Waals surface area contributed by atoms with Crippen molar-refractivity contribution in [2.75, 3.05) is 13.1 Å². The molecule has 0 radical (unpaired) electrons. The second kappa shape index (κ2) is 4.94. The Morgan fingerprint density at radius 3 is 2.56 bits per heavy atom. The summed E-state index contributed by atoms with van der Waals surface area (Å²) in [5.74, 6) is 0.616. The Labute approximate surface area is 108 Å². The minimum absolute atomic E-state index is 0.616. The van der Waals surface area contributed by atoms with E-state index in [1.165, 1.54) is 29.7 Å². The summed E-state index contributed by atoms with van der Waals surface area (Å²) in [5.41, 5.74) is 4.94. The lowest BCUT2D eigenvalue weighted by atomic mass is 9.91. The SMILES string of the molecule is Cc1ccc(-c2nc[nH]c2C2CCNCC2)cc1. The zero-order valence-electron chi connectivity index (χ0n) is 10.7. The third kappa shape index (κ3) is 2.18. The molecule has 2 aromatic rings. The summed E-state index contributed by atoms with van der Waals surface area (Å²) >= 11 is 0. The molecule has 94 valence electrons. The Hall–Kier alpha value is -1.61. The van der Waals surface area contributed by atoms with E-state index in [0.717, 1.165) is 18.8 Å². The van der Waals surface area contributed by atoms with Crippen LogP contribution >= 0.6 is 0 Å². The lowest BCUT2D eigenvalue weighted by Gasteiger charge is -2.22. The van der Waals surface area contributed by atoms with E-state index >= 15 is 0 Å². The van der Waals surface area contributed by atoms with Crippen molar-refractivity contribution in [1.82, 2.24) is 15.3 Å². The highest BCUT2D eigenvalue weighted by Crippen LogP contribution is 2.31. The molecule has 2 N–H and O–H groups in total. The molecule has 0 spiro atoms. The van der Waals surface area contributed by atoms with E-state index in [2.05, 4.69) is 46.5 Å². The first-order valence-electron chi connectivity index (χ1n) is 6.65. The third-order valence-corrected chi connectivity index (χ3v) is 3.74. The first kappa shape index (κ1) is 11.5. The van der Waals surface area contributed by atoms with Gasteiger partial charge in [-0.2, -0.15) is 0 Å². The number of aryl methyl sites for hydroxylation is 1. The van der Waals surface area contributed by atoms with Crippen LogP contribution in [-0.2, 0) is 0 Å². The van der Waals surface area contributed by atoms with Gasteiger partial charge in [-0.1, -0.05) is 29.8 Å². The van der Waals surface area contributed by atoms with E-state index in [4.69, 9.17) is 0 Å². The standard InChI is InChI=1S/C15H19N3/c1-11-2-4-12(5-3-11)14-15(18-10-17-14)13-6-8-16-9-7-13/h2-5,10,13,16H,6-9H2,1H3,(H,17,18). The van der Waals surface area contributed by atoms with Crippen LogP contribution in [0.4, 0.5) is 0 Å². The number of imidazole rings is 1. The van der Waals surface area contributed by atoms with Crippen molar-refractivity contribution in [3.8, 4) is 11.3 Å². The minimum Gasteiger partial charge on any atom is -0.348 e. The van der Waals surface area contributed by atoms with Crippen molar-refractivity contribution >= 4 is 0 Å². The third-order valence-electron chi connectivity index (χ3n) is 3.74. The summed E-state index contributed by atoms with van der Waals surface area (Å²) in [5, 5.41) is 3.41. The number of H-pyrrole nitrogens is 1. The maximum absolute atomic E-state index is 4.52. The van der Waals surface area contributed by atoms with Gasteiger partial charge in [-0.25, -0.2) is 4.98 Å². The molecule has 1 aliphatic heterocycles. The van der Waals surface area contributed by atoms with Gasteiger partial charge in [0, 0.05) is 17.2 Å². The number of benzene rings is 1. The second-order valence-corrected chi connectivity index (χ2v) is 5.06. The van der Waals surface area contributed by atoms with Crippen LogP contribution in [0.2, 0.25) is 0 Å². The van der Waals surface area contributed by atoms with Gasteiger partial charge in [-0.15, -0.1) is 0 Å². The van der Waals surface area contributed by atoms with Gasteiger partial charge in [0.15, 0.2) is 0 Å². The molecule has 3 heteroatoms. The molecule has 3 nitrogen and oxygen atoms in total. The Bertz CT molecular complexity index is 507. The summed E-state index contributed by atoms with van der Waals surface area (Å²) in [6, 6.07) is 8.62. The van der Waals surface area contributed by atoms with Crippen LogP contribution < -0.4 is 5.32 Å². The number of rotatable bonds is 2. The summed E-state index contributed by atoms with van der Waals surface area (Å²) < 4.78 is 0. The Morgan fingerprint density at radius 1 is 1.11 bits per heavy atom. The average molecular weight is 241 g/mol. The van der Waals surface area contributed by atoms with Gasteiger partial charge < -0.3 is 10.3 Å². The highest BCUT2D eigenvalue weighted by Gasteiger charge is 2.20. The van der Waals surface area contributed by atoms with Crippen molar-refractivity contribution < 1.29 is 0 Å². The fourth-order valence-corrected chi connectivity index (χ4v) is 2.67. The predicted octanol–water partition coefficient (Wildman–Crippen LogP) is 2.85. The maximum atomic E-state index is 4.52. The molecule has 1 aromatic carbocycles. The number of aromatic amines is 1. The highest BCUT2D eigenvalue weighted by atomic mass is 14.9. The molecule has 1 aromatic heterocycles. The smallest absolute Gasteiger partial charge is 0.0929 e. The molecule has 0 aliphatic carbocycles. The number of hydrogen-bond acceptors (Lipinski definition) is 2. The van der Waals surface area contributed by atoms with Crippen molar-refractivity contribution in [3.05, 3.63) is 41.9 Å². The summed E-state index contributed by atoms with van der Waals surface area (Å²) in [4.78, 5) is 7.87. The molecule has 0 saturated carbocycles. The van der Waals surface area contributed by atoms with E-state index in [0.29, 0.717) is 5.92 Å². The predicted molar refractivity (Wildman–Crippen MR) is 73.6 cm³/mol. The van der Waals surface area contributed by atoms with Crippen molar-refractivity contribution in [1.29, 1.82) is 0 Å². The Balaban J connectivity index is 1.93. The van der Waals surface area contributed by atoms with Gasteiger partial charge in [0.2, 0.25) is 0 Å². The molecular weight excluding hydrogens is 222 g/mol. The average Bonchev–Trinajstić information content (AvgIpc) is 2.90. The van der Waals surface area contributed by atoms with Crippen molar-refractivity contribution in [2.45, 2.75) is 25.7 Å². The molecule has 0 unspecified atom stereocenters. The van der Waals surface area contributed by atoms with Gasteiger partial charge in [-0.3, -0.25) is 0 Å². The van der Waals surface area contributed by atoms with E-state index in [1.54, 1.807) is 0 Å². The molecule has 1 fully saturated rings. The fraction of sp³-hybridized carbons (Fsp3) is 0.400. The largest absolute Gasteiger partial charge is 0.348 e. The van der Waals surface area contributed by atoms with Crippen molar-refractivity contribution in [2.24, 2.45) is 0 Å². The topological polar surface area (TPSA) is 40.7 Å². The second-order valence-electron chi connectivity index (χ2n) is 5.06. The van der Waals surface area contributed by atoms with Crippen LogP contribution in [-0.4, -0.2) is 23.1 Å². The molecule has 1 saturated heterocycles. The van der Waals surface area contributed by atoms with Crippen LogP contribution in [0.25, 0.3) is 11.3 Å². The highest BCUT2D eigenvalue weighted by molar-refractivity contribution is 5.62. The molecule has 0 amide bonds. The van der Waals surface area contributed by atoms with Gasteiger partial charge in [0.25, 0.3) is 0 Å². The number of nitrogens with zero attached hydrogens (tertiary/aromatic N) is 1. The summed E-state index contributed by atoms with van der Waals surface area (Å²) in [6.07, 6.45) is 4.22. The summed E-state index contributed by atoms with van der Waals surface area (Å²) in [7, 11) is 0. The van der Waals surface area contributed by atoms with Crippen LogP contribution in [0.1, 0.15) is 30.0 Å². The van der Waals surface area contributed by atoms with Gasteiger partial charge in [-0.05, 0) is 32.9 Å². The first-order chi connectivity index (χ1) is 8.84. The van der Waals surface area contributed by atoms with Gasteiger partial charge in [0.05, 0.1) is 12.0 Å². The zero-order chi connectivity index (χ0) is 12.4. The molecule has 0 bridgehead atoms. The molecule has 2 heterocycles. The van der Waals surface area contributed by atoms with Crippen LogP contribution in [0.15, 0.2) is 30.6 Å². The van der Waals surface area contributed by atoms with Crippen molar-refractivity contribution in [3.63, 3.8) is 0 Å². The van der Waals surface area contributed by atoms with Crippen LogP contribution in [0, 0.1) is 6.92 Å². The van der Waals surface area contributed by atoms with Gasteiger partial charge in [0.1, 0.15) is 0 Å². The quantitative estimate of drug-likeness (QED) is 0.848. The van der Waals surface area contributed by atoms with Crippen LogP contribution in [0.5, 0.6) is 0 Å². The number of piperidine rings is 1. The Morgan fingerprint density at radius 2 is 1.83 bits per heavy atom. The lowest BCUT2D eigenvalue weighted by molar-refractivity contribution is 0.455. The fourth-order valence-electron chi connectivity index (χ4n) is 2.67. The first-order valence-corrected chi connectivity index (χ1v) is 6.65. The molecule has 18 heavy (non-hydrogen) atoms. The van der Waals surface area contributed by atoms with Crippen LogP contribution in [0.3, 0.4) is 0 Å². The van der Waals surface area contributed by atoms with E-state index < -0.39 is 0 Å². The maximum Gasteiger partial charge on any atom is 0.0929 e. The Kier molecular flexibility index (Phi) is 3.15. The number of nitrogens with one attached hydrogen (secondary N) is 2.